The van der Waals surface area contributed by atoms with Gasteiger partial charge in [0.05, 0.1) is 22.8 Å². The molecule has 9 aromatic rings. The molecule has 7 aromatic carbocycles. The second kappa shape index (κ2) is 12.0. The number of fused-ring (bicyclic) bond motifs is 6. The monoisotopic (exact) mass is 671 g/mol. The Kier molecular flexibility index (Phi) is 6.97. The van der Waals surface area contributed by atoms with Gasteiger partial charge >= 0.3 is 0 Å². The predicted molar refractivity (Wildman–Crippen MR) is 217 cm³/mol. The van der Waals surface area contributed by atoms with E-state index in [0.717, 1.165) is 22.7 Å². The van der Waals surface area contributed by atoms with Crippen molar-refractivity contribution in [3.8, 4) is 16.8 Å². The number of thiophene rings is 1. The minimum absolute atomic E-state index is 0.0900. The summed E-state index contributed by atoms with van der Waals surface area (Å²) in [5, 5.41) is 9.01. The van der Waals surface area contributed by atoms with Crippen molar-refractivity contribution in [2.24, 2.45) is 4.99 Å². The Bertz CT molecular complexity index is 2820. The molecule has 0 saturated heterocycles. The smallest absolute Gasteiger partial charge is 0.134 e. The highest BCUT2D eigenvalue weighted by Gasteiger charge is 2.28. The number of benzene rings is 7. The summed E-state index contributed by atoms with van der Waals surface area (Å²) in [7, 11) is 0. The van der Waals surface area contributed by atoms with E-state index in [1.165, 1.54) is 69.9 Å². The average molecular weight is 672 g/mol. The normalized spacial score (nSPS) is 14.8. The maximum atomic E-state index is 5.31. The molecule has 1 N–H and O–H groups in total. The number of nitrogens with zero attached hydrogens (tertiary/aromatic N) is 2. The predicted octanol–water partition coefficient (Wildman–Crippen LogP) is 12.3. The molecule has 3 heterocycles. The van der Waals surface area contributed by atoms with E-state index in [1.807, 2.05) is 11.3 Å². The molecule has 1 aliphatic heterocycles. The Balaban J connectivity index is 1.17. The second-order valence-corrected chi connectivity index (χ2v) is 14.3. The van der Waals surface area contributed by atoms with Gasteiger partial charge in [0.2, 0.25) is 0 Å². The van der Waals surface area contributed by atoms with Crippen molar-refractivity contribution in [1.29, 1.82) is 0 Å². The van der Waals surface area contributed by atoms with Gasteiger partial charge in [-0.25, -0.2) is 4.99 Å². The van der Waals surface area contributed by atoms with Gasteiger partial charge in [-0.15, -0.1) is 11.3 Å². The minimum Gasteiger partial charge on any atom is -0.359 e. The summed E-state index contributed by atoms with van der Waals surface area (Å²) < 4.78 is 5.07. The molecule has 0 fully saturated rings. The zero-order valence-electron chi connectivity index (χ0n) is 28.0. The maximum absolute atomic E-state index is 5.31. The third kappa shape index (κ3) is 4.91. The number of rotatable bonds is 5. The summed E-state index contributed by atoms with van der Waals surface area (Å²) in [4.78, 5) is 5.31. The van der Waals surface area contributed by atoms with Crippen LogP contribution in [0, 0.1) is 0 Å². The van der Waals surface area contributed by atoms with Crippen molar-refractivity contribution < 1.29 is 0 Å². The number of aliphatic imine (C=N–C) groups is 1. The molecule has 0 aliphatic carbocycles. The molecule has 4 heteroatoms. The van der Waals surface area contributed by atoms with Crippen LogP contribution < -0.4 is 5.32 Å². The largest absolute Gasteiger partial charge is 0.359 e. The average Bonchev–Trinajstić information content (AvgIpc) is 3.74. The maximum Gasteiger partial charge on any atom is 0.134 e. The third-order valence-electron chi connectivity index (χ3n) is 10.3. The first-order valence-electron chi connectivity index (χ1n) is 17.4. The fourth-order valence-corrected chi connectivity index (χ4v) is 8.92. The first-order chi connectivity index (χ1) is 25.2. The van der Waals surface area contributed by atoms with Crippen molar-refractivity contribution in [3.63, 3.8) is 0 Å². The van der Waals surface area contributed by atoms with E-state index in [9.17, 15) is 0 Å². The highest BCUT2D eigenvalue weighted by molar-refractivity contribution is 7.25. The van der Waals surface area contributed by atoms with Crippen LogP contribution in [0.15, 0.2) is 180 Å². The van der Waals surface area contributed by atoms with Crippen LogP contribution in [0.3, 0.4) is 0 Å². The van der Waals surface area contributed by atoms with Crippen LogP contribution in [-0.2, 0) is 0 Å². The van der Waals surface area contributed by atoms with Crippen molar-refractivity contribution in [2.45, 2.75) is 13.0 Å². The first-order valence-corrected chi connectivity index (χ1v) is 18.2. The first kappa shape index (κ1) is 29.7. The quantitative estimate of drug-likeness (QED) is 0.194. The lowest BCUT2D eigenvalue weighted by atomic mass is 9.90. The summed E-state index contributed by atoms with van der Waals surface area (Å²) in [6, 6.07) is 61.1. The number of hydrogen-bond acceptors (Lipinski definition) is 3. The fourth-order valence-electron chi connectivity index (χ4n) is 7.83. The van der Waals surface area contributed by atoms with E-state index in [-0.39, 0.29) is 6.04 Å². The summed E-state index contributed by atoms with van der Waals surface area (Å²) >= 11 is 1.86. The van der Waals surface area contributed by atoms with Crippen LogP contribution in [0.5, 0.6) is 0 Å². The van der Waals surface area contributed by atoms with Gasteiger partial charge in [0.15, 0.2) is 0 Å². The summed E-state index contributed by atoms with van der Waals surface area (Å²) in [5.74, 6) is 0.879. The molecule has 0 saturated carbocycles. The van der Waals surface area contributed by atoms with Gasteiger partial charge in [-0.3, -0.25) is 0 Å². The molecule has 3 nitrogen and oxygen atoms in total. The van der Waals surface area contributed by atoms with Crippen LogP contribution in [-0.4, -0.2) is 10.4 Å². The molecule has 51 heavy (non-hydrogen) atoms. The number of nitrogens with one attached hydrogen (secondary N) is 1. The van der Waals surface area contributed by atoms with Gasteiger partial charge in [0.1, 0.15) is 5.84 Å². The van der Waals surface area contributed by atoms with Crippen molar-refractivity contribution in [1.82, 2.24) is 9.88 Å². The number of aromatic nitrogens is 1. The highest BCUT2D eigenvalue weighted by Crippen LogP contribution is 2.42. The lowest BCUT2D eigenvalue weighted by molar-refractivity contribution is 0.739. The summed E-state index contributed by atoms with van der Waals surface area (Å²) in [5.41, 5.74) is 11.6. The Morgan fingerprint density at radius 1 is 0.529 bits per heavy atom. The van der Waals surface area contributed by atoms with Gasteiger partial charge in [-0.05, 0) is 65.6 Å². The molecule has 0 spiro atoms. The Morgan fingerprint density at radius 2 is 1.16 bits per heavy atom. The fraction of sp³-hybridized carbons (Fsp3) is 0.0426. The Labute approximate surface area is 300 Å². The number of amidine groups is 1. The topological polar surface area (TPSA) is 29.3 Å². The third-order valence-corrected chi connectivity index (χ3v) is 11.4. The zero-order chi connectivity index (χ0) is 33.9. The van der Waals surface area contributed by atoms with Crippen molar-refractivity contribution >= 4 is 64.8 Å². The van der Waals surface area contributed by atoms with Crippen molar-refractivity contribution in [3.05, 3.63) is 192 Å². The molecule has 1 atom stereocenters. The molecular formula is C47H33N3S. The minimum atomic E-state index is -0.0900. The molecule has 242 valence electrons. The van der Waals surface area contributed by atoms with Gasteiger partial charge in [0, 0.05) is 47.8 Å². The van der Waals surface area contributed by atoms with E-state index < -0.39 is 0 Å². The van der Waals surface area contributed by atoms with E-state index in [4.69, 9.17) is 4.99 Å². The summed E-state index contributed by atoms with van der Waals surface area (Å²) in [6.07, 6.45) is 0. The Morgan fingerprint density at radius 3 is 1.96 bits per heavy atom. The van der Waals surface area contributed by atoms with Crippen LogP contribution in [0.25, 0.3) is 64.5 Å². The van der Waals surface area contributed by atoms with Gasteiger partial charge in [0.25, 0.3) is 0 Å². The second-order valence-electron chi connectivity index (χ2n) is 13.3. The Hall–Kier alpha value is -6.23. The van der Waals surface area contributed by atoms with Crippen LogP contribution in [0.1, 0.15) is 29.7 Å². The summed E-state index contributed by atoms with van der Waals surface area (Å²) in [6.45, 7) is 2.23. The SMILES string of the molecule is CC1=C(c2ccc(-c3ccccc3)cc2)N=C(c2ccccc2)NC1c1cccc2c1c1ccccc1n2-c1ccc2sc3ccccc3c2c1. The van der Waals surface area contributed by atoms with Crippen LogP contribution >= 0.6 is 11.3 Å². The van der Waals surface area contributed by atoms with E-state index in [1.54, 1.807) is 0 Å². The highest BCUT2D eigenvalue weighted by atomic mass is 32.1. The van der Waals surface area contributed by atoms with E-state index in [0.29, 0.717) is 0 Å². The lowest BCUT2D eigenvalue weighted by Gasteiger charge is -2.29. The van der Waals surface area contributed by atoms with Gasteiger partial charge < -0.3 is 9.88 Å². The lowest BCUT2D eigenvalue weighted by Crippen LogP contribution is -2.33. The molecule has 1 aliphatic rings. The molecule has 0 amide bonds. The van der Waals surface area contributed by atoms with Gasteiger partial charge in [-0.2, -0.15) is 0 Å². The number of para-hydroxylation sites is 1. The van der Waals surface area contributed by atoms with Crippen LogP contribution in [0.4, 0.5) is 0 Å². The molecule has 0 bridgehead atoms. The molecule has 10 rings (SSSR count). The molecule has 2 aromatic heterocycles. The standard InChI is InChI=1S/C47H33N3S/c1-30-45(33-25-23-32(24-26-33)31-13-4-2-5-14-31)48-47(34-15-6-3-7-16-34)49-46(30)38-19-12-21-41-44(38)37-18-8-10-20-40(37)50(41)35-27-28-43-39(29-35)36-17-9-11-22-42(36)51-43/h2-29,46H,1H3,(H,48,49). The molecule has 0 radical (unpaired) electrons. The van der Waals surface area contributed by atoms with E-state index >= 15 is 0 Å². The zero-order valence-corrected chi connectivity index (χ0v) is 28.9. The van der Waals surface area contributed by atoms with Crippen molar-refractivity contribution in [2.75, 3.05) is 0 Å². The molecule has 1 unspecified atom stereocenters. The van der Waals surface area contributed by atoms with Gasteiger partial charge in [-0.1, -0.05) is 133 Å². The number of hydrogen-bond donors (Lipinski definition) is 1. The molecular weight excluding hydrogens is 639 g/mol. The van der Waals surface area contributed by atoms with E-state index in [2.05, 4.69) is 187 Å². The van der Waals surface area contributed by atoms with Crippen LogP contribution in [0.2, 0.25) is 0 Å².